The molecule has 0 aromatic carbocycles. The van der Waals surface area contributed by atoms with E-state index >= 15 is 0 Å². The van der Waals surface area contributed by atoms with Crippen LogP contribution in [0.25, 0.3) is 0 Å². The van der Waals surface area contributed by atoms with Gasteiger partial charge in [-0.25, -0.2) is 0 Å². The van der Waals surface area contributed by atoms with E-state index in [-0.39, 0.29) is 4.70 Å². The first kappa shape index (κ1) is 8.96. The van der Waals surface area contributed by atoms with E-state index < -0.39 is 15.3 Å². The zero-order valence-electron chi connectivity index (χ0n) is 2.21. The van der Waals surface area contributed by atoms with Gasteiger partial charge in [0.25, 0.3) is 0 Å². The Morgan fingerprint density at radius 1 is 1.40 bits per heavy atom. The summed E-state index contributed by atoms with van der Waals surface area (Å²) in [4.78, 5) is 0. The quantitative estimate of drug-likeness (QED) is 0.399. The summed E-state index contributed by atoms with van der Waals surface area (Å²) < 4.78 is 23.2. The third kappa shape index (κ3) is 472. The number of hydrogen-bond donors (Lipinski definition) is 2. The van der Waals surface area contributed by atoms with Gasteiger partial charge in [0.15, 0.2) is 0 Å². The van der Waals surface area contributed by atoms with E-state index in [1.807, 2.05) is 0 Å². The van der Waals surface area contributed by atoms with Crippen molar-refractivity contribution in [3.8, 4) is 0 Å². The summed E-state index contributed by atoms with van der Waals surface area (Å²) in [5.74, 6) is 0. The Balaban J connectivity index is 0. The van der Waals surface area contributed by atoms with Crippen LogP contribution in [0.15, 0.2) is 0 Å². The van der Waals surface area contributed by atoms with E-state index in [0.29, 0.717) is 0 Å². The van der Waals surface area contributed by atoms with Gasteiger partial charge in [0.05, 0.1) is 0 Å². The third-order valence-corrected chi connectivity index (χ3v) is 0. The predicted octanol–water partition coefficient (Wildman–Crippen LogP) is -1.73. The van der Waals surface area contributed by atoms with E-state index in [2.05, 4.69) is 0 Å². The minimum absolute atomic E-state index is 0. The molecule has 0 atom stereocenters. The Hall–Kier alpha value is 0.208. The van der Waals surface area contributed by atoms with Gasteiger partial charge >= 0.3 is 27.2 Å². The van der Waals surface area contributed by atoms with Crippen LogP contribution in [0, 0.1) is 0 Å². The molecule has 5 heavy (non-hydrogen) atoms. The first-order chi connectivity index (χ1) is 1.73. The van der Waals surface area contributed by atoms with Gasteiger partial charge in [-0.15, -0.1) is 0 Å². The zero-order valence-corrected chi connectivity index (χ0v) is 4.31. The topological polar surface area (TPSA) is 57.5 Å². The number of hydrogen-bond acceptors (Lipinski definition) is 1. The molecular weight excluding hydrogens is 142 g/mol. The van der Waals surface area contributed by atoms with Crippen LogP contribution in [0.1, 0.15) is 0 Å². The van der Waals surface area contributed by atoms with Crippen LogP contribution in [-0.4, -0.2) is 23.5 Å². The normalized spacial score (nSPS) is 7.00. The fraction of sp³-hybridized carbons (Fsp3) is 0. The van der Waals surface area contributed by atoms with Crippen molar-refractivity contribution < 1.29 is 16.6 Å². The molecule has 0 aromatic heterocycles. The van der Waals surface area contributed by atoms with Crippen molar-refractivity contribution in [2.45, 2.75) is 0 Å². The minimum atomic E-state index is -3.58. The average Bonchev–Trinajstić information content (AvgIpc) is 0.811. The van der Waals surface area contributed by atoms with E-state index in [9.17, 15) is 0 Å². The number of halogens is 1. The molecule has 3 nitrogen and oxygen atoms in total. The molecule has 0 aliphatic heterocycles. The molecule has 0 radical (unpaired) electrons. The van der Waals surface area contributed by atoms with Gasteiger partial charge in [0.2, 0.25) is 0 Å². The van der Waals surface area contributed by atoms with E-state index in [1.165, 1.54) is 0 Å². The first-order valence-electron chi connectivity index (χ1n) is 0.651. The van der Waals surface area contributed by atoms with Crippen LogP contribution in [0.5, 0.6) is 0 Å². The molecule has 0 heterocycles. The standard InChI is InChI=1S/AsH3O3.FH/c2-1(3)4;/h1H,(H2,2,3,4);1H. The second kappa shape index (κ2) is 4.21. The van der Waals surface area contributed by atoms with Gasteiger partial charge in [-0.05, 0) is 0 Å². The van der Waals surface area contributed by atoms with Gasteiger partial charge in [-0.3, -0.25) is 4.70 Å². The average molecular weight is 146 g/mol. The molecule has 0 saturated heterocycles. The molecule has 0 aliphatic rings. The first-order valence-corrected chi connectivity index (χ1v) is 3.38. The van der Waals surface area contributed by atoms with Gasteiger partial charge < -0.3 is 0 Å². The summed E-state index contributed by atoms with van der Waals surface area (Å²) in [5.41, 5.74) is 0. The van der Waals surface area contributed by atoms with Crippen molar-refractivity contribution in [3.05, 3.63) is 0 Å². The number of rotatable bonds is 0. The monoisotopic (exact) mass is 146 g/mol. The summed E-state index contributed by atoms with van der Waals surface area (Å²) in [5, 5.41) is 0. The second-order valence-corrected chi connectivity index (χ2v) is 1.47. The van der Waals surface area contributed by atoms with Crippen LogP contribution >= 0.6 is 0 Å². The van der Waals surface area contributed by atoms with Crippen LogP contribution in [-0.2, 0) is 3.74 Å². The summed E-state index contributed by atoms with van der Waals surface area (Å²) in [6.07, 6.45) is 0. The van der Waals surface area contributed by atoms with Gasteiger partial charge in [0, 0.05) is 0 Å². The second-order valence-electron chi connectivity index (χ2n) is 0.283. The summed E-state index contributed by atoms with van der Waals surface area (Å²) in [6.45, 7) is 0. The molecular formula is H4AsFO3. The van der Waals surface area contributed by atoms with Crippen LogP contribution in [0.4, 0.5) is 4.70 Å². The maximum absolute atomic E-state index is 8.81. The maximum atomic E-state index is 8.81. The summed E-state index contributed by atoms with van der Waals surface area (Å²) in [6, 6.07) is 0. The molecule has 0 saturated carbocycles. The Labute approximate surface area is 32.8 Å². The SMILES string of the molecule is F.O=[AsH](O)O. The van der Waals surface area contributed by atoms with Crippen molar-refractivity contribution in [1.29, 1.82) is 0 Å². The molecule has 0 spiro atoms. The molecule has 0 amide bonds. The van der Waals surface area contributed by atoms with E-state index in [4.69, 9.17) is 11.9 Å². The van der Waals surface area contributed by atoms with Crippen LogP contribution in [0.3, 0.4) is 0 Å². The van der Waals surface area contributed by atoms with Crippen molar-refractivity contribution >= 4 is 15.3 Å². The van der Waals surface area contributed by atoms with Crippen LogP contribution in [0.2, 0.25) is 0 Å². The molecule has 5 heteroatoms. The fourth-order valence-corrected chi connectivity index (χ4v) is 0. The molecule has 0 aliphatic carbocycles. The Bertz CT molecular complexity index is 29.9. The molecule has 0 bridgehead atoms. The molecule has 34 valence electrons. The Morgan fingerprint density at radius 2 is 1.40 bits per heavy atom. The van der Waals surface area contributed by atoms with Gasteiger partial charge in [-0.2, -0.15) is 0 Å². The molecule has 0 fully saturated rings. The van der Waals surface area contributed by atoms with E-state index in [1.54, 1.807) is 0 Å². The van der Waals surface area contributed by atoms with Gasteiger partial charge in [0.1, 0.15) is 0 Å². The van der Waals surface area contributed by atoms with E-state index in [0.717, 1.165) is 0 Å². The molecule has 2 N–H and O–H groups in total. The zero-order chi connectivity index (χ0) is 3.58. The Morgan fingerprint density at radius 3 is 1.40 bits per heavy atom. The summed E-state index contributed by atoms with van der Waals surface area (Å²) in [7, 11) is 0. The van der Waals surface area contributed by atoms with Gasteiger partial charge in [-0.1, -0.05) is 0 Å². The van der Waals surface area contributed by atoms with Crippen molar-refractivity contribution in [2.75, 3.05) is 0 Å². The van der Waals surface area contributed by atoms with Crippen LogP contribution < -0.4 is 0 Å². The van der Waals surface area contributed by atoms with Crippen molar-refractivity contribution in [1.82, 2.24) is 0 Å². The molecule has 0 rings (SSSR count). The molecule has 0 aromatic rings. The summed E-state index contributed by atoms with van der Waals surface area (Å²) >= 11 is -3.58. The van der Waals surface area contributed by atoms with Crippen molar-refractivity contribution in [2.24, 2.45) is 0 Å². The van der Waals surface area contributed by atoms with Crippen molar-refractivity contribution in [3.63, 3.8) is 0 Å². The predicted molar refractivity (Wildman–Crippen MR) is 14.8 cm³/mol. The fourth-order valence-electron chi connectivity index (χ4n) is 0. The Kier molecular flexibility index (Phi) is 7.54. The third-order valence-electron chi connectivity index (χ3n) is 0. The molecule has 0 unspecified atom stereocenters.